The summed E-state index contributed by atoms with van der Waals surface area (Å²) in [5.74, 6) is 5.07. The normalized spacial score (nSPS) is 13.3. The van der Waals surface area contributed by atoms with Gasteiger partial charge in [0.05, 0.1) is 0 Å². The maximum atomic E-state index is 10.6. The lowest BCUT2D eigenvalue weighted by atomic mass is 10.7. The summed E-state index contributed by atoms with van der Waals surface area (Å²) in [7, 11) is -1.55. The molecule has 0 saturated carbocycles. The lowest BCUT2D eigenvalue weighted by Crippen LogP contribution is -2.35. The number of nitrogens with two attached hydrogens (primary N) is 1. The molecule has 0 aromatic rings. The summed E-state index contributed by atoms with van der Waals surface area (Å²) in [5, 5.41) is 0. The van der Waals surface area contributed by atoms with Crippen molar-refractivity contribution in [3.8, 4) is 0 Å². The van der Waals surface area contributed by atoms with Crippen molar-refractivity contribution < 1.29 is 8.42 Å². The number of amidine groups is 1. The van der Waals surface area contributed by atoms with E-state index in [0.717, 1.165) is 6.26 Å². The Morgan fingerprint density at radius 3 is 2.30 bits per heavy atom. The van der Waals surface area contributed by atoms with Crippen LogP contribution >= 0.6 is 0 Å². The van der Waals surface area contributed by atoms with Gasteiger partial charge in [0.25, 0.3) is 0 Å². The lowest BCUT2D eigenvalue weighted by Gasteiger charge is -2.00. The third-order valence-corrected chi connectivity index (χ3v) is 1.63. The van der Waals surface area contributed by atoms with Crippen LogP contribution in [0.2, 0.25) is 0 Å². The van der Waals surface area contributed by atoms with E-state index in [1.807, 2.05) is 0 Å². The van der Waals surface area contributed by atoms with E-state index in [4.69, 9.17) is 5.84 Å². The molecular weight excluding hydrogens is 154 g/mol. The molecule has 0 aliphatic rings. The molecule has 0 rings (SSSR count). The zero-order chi connectivity index (χ0) is 8.20. The SMILES string of the molecule is CN=C(CS(C)(=O)=O)NN. The van der Waals surface area contributed by atoms with Crippen LogP contribution < -0.4 is 11.3 Å². The monoisotopic (exact) mass is 165 g/mol. The summed E-state index contributed by atoms with van der Waals surface area (Å²) >= 11 is 0. The first-order valence-corrected chi connectivity index (χ1v) is 4.65. The molecule has 10 heavy (non-hydrogen) atoms. The van der Waals surface area contributed by atoms with Crippen LogP contribution in [0, 0.1) is 0 Å². The quantitative estimate of drug-likeness (QED) is 0.226. The van der Waals surface area contributed by atoms with Crippen LogP contribution in [0.5, 0.6) is 0 Å². The molecule has 5 nitrogen and oxygen atoms in total. The van der Waals surface area contributed by atoms with E-state index in [9.17, 15) is 8.42 Å². The molecule has 0 saturated heterocycles. The molecule has 0 aromatic heterocycles. The van der Waals surface area contributed by atoms with Crippen LogP contribution in [0.25, 0.3) is 0 Å². The standard InChI is InChI=1S/C4H11N3O2S/c1-6-4(7-5)3-10(2,8)9/h3,5H2,1-2H3,(H,6,7). The summed E-state index contributed by atoms with van der Waals surface area (Å²) < 4.78 is 21.2. The fraction of sp³-hybridized carbons (Fsp3) is 0.750. The smallest absolute Gasteiger partial charge is 0.154 e. The first-order valence-electron chi connectivity index (χ1n) is 2.59. The van der Waals surface area contributed by atoms with Crippen molar-refractivity contribution in [1.29, 1.82) is 0 Å². The van der Waals surface area contributed by atoms with E-state index in [0.29, 0.717) is 0 Å². The molecule has 0 aromatic carbocycles. The number of hydrogen-bond acceptors (Lipinski definition) is 4. The Balaban J connectivity index is 4.16. The summed E-state index contributed by atoms with van der Waals surface area (Å²) in [6.45, 7) is 0. The molecule has 6 heteroatoms. The average molecular weight is 165 g/mol. The van der Waals surface area contributed by atoms with Gasteiger partial charge >= 0.3 is 0 Å². The Hall–Kier alpha value is -0.620. The van der Waals surface area contributed by atoms with E-state index in [1.165, 1.54) is 7.05 Å². The largest absolute Gasteiger partial charge is 0.311 e. The van der Waals surface area contributed by atoms with Crippen molar-refractivity contribution in [1.82, 2.24) is 5.43 Å². The van der Waals surface area contributed by atoms with Gasteiger partial charge in [-0.05, 0) is 0 Å². The second-order valence-electron chi connectivity index (χ2n) is 1.88. The third kappa shape index (κ3) is 4.28. The van der Waals surface area contributed by atoms with Crippen LogP contribution in [-0.4, -0.2) is 33.3 Å². The van der Waals surface area contributed by atoms with Gasteiger partial charge in [-0.2, -0.15) is 0 Å². The molecule has 0 amide bonds. The Morgan fingerprint density at radius 2 is 2.20 bits per heavy atom. The zero-order valence-electron chi connectivity index (χ0n) is 5.96. The van der Waals surface area contributed by atoms with Crippen molar-refractivity contribution in [2.24, 2.45) is 10.8 Å². The molecule has 0 bridgehead atoms. The number of aliphatic imine (C=N–C) groups is 1. The molecule has 3 N–H and O–H groups in total. The van der Waals surface area contributed by atoms with Crippen LogP contribution in [0.15, 0.2) is 4.99 Å². The van der Waals surface area contributed by atoms with Crippen LogP contribution in [0.4, 0.5) is 0 Å². The van der Waals surface area contributed by atoms with Crippen LogP contribution in [-0.2, 0) is 9.84 Å². The van der Waals surface area contributed by atoms with Gasteiger partial charge in [0.2, 0.25) is 0 Å². The van der Waals surface area contributed by atoms with Crippen LogP contribution in [0.3, 0.4) is 0 Å². The van der Waals surface area contributed by atoms with Gasteiger partial charge < -0.3 is 5.43 Å². The van der Waals surface area contributed by atoms with Crippen molar-refractivity contribution in [3.05, 3.63) is 0 Å². The molecule has 60 valence electrons. The molecule has 0 atom stereocenters. The summed E-state index contributed by atoms with van der Waals surface area (Å²) in [4.78, 5) is 3.59. The van der Waals surface area contributed by atoms with E-state index in [1.54, 1.807) is 0 Å². The van der Waals surface area contributed by atoms with Gasteiger partial charge in [0.15, 0.2) is 9.84 Å². The Bertz CT molecular complexity index is 219. The summed E-state index contributed by atoms with van der Waals surface area (Å²) in [5.41, 5.74) is 2.18. The second kappa shape index (κ2) is 3.52. The molecule has 0 aliphatic carbocycles. The highest BCUT2D eigenvalue weighted by Gasteiger charge is 2.05. The van der Waals surface area contributed by atoms with Crippen molar-refractivity contribution in [2.45, 2.75) is 0 Å². The first-order chi connectivity index (χ1) is 4.49. The summed E-state index contributed by atoms with van der Waals surface area (Å²) in [6, 6.07) is 0. The summed E-state index contributed by atoms with van der Waals surface area (Å²) in [6.07, 6.45) is 1.12. The fourth-order valence-electron chi connectivity index (χ4n) is 0.419. The van der Waals surface area contributed by atoms with E-state index >= 15 is 0 Å². The highest BCUT2D eigenvalue weighted by atomic mass is 32.2. The zero-order valence-corrected chi connectivity index (χ0v) is 6.77. The topological polar surface area (TPSA) is 84.5 Å². The highest BCUT2D eigenvalue weighted by Crippen LogP contribution is 1.82. The molecule has 0 spiro atoms. The Kier molecular flexibility index (Phi) is 3.31. The third-order valence-electron chi connectivity index (χ3n) is 0.835. The fourth-order valence-corrected chi connectivity index (χ4v) is 1.13. The van der Waals surface area contributed by atoms with E-state index in [-0.39, 0.29) is 11.6 Å². The predicted molar refractivity (Wildman–Crippen MR) is 40.4 cm³/mol. The van der Waals surface area contributed by atoms with Crippen LogP contribution in [0.1, 0.15) is 0 Å². The minimum atomic E-state index is -3.02. The minimum absolute atomic E-state index is 0.139. The van der Waals surface area contributed by atoms with Gasteiger partial charge in [-0.25, -0.2) is 14.3 Å². The number of sulfone groups is 1. The molecule has 0 unspecified atom stereocenters. The number of rotatable bonds is 2. The maximum absolute atomic E-state index is 10.6. The van der Waals surface area contributed by atoms with Gasteiger partial charge in [0.1, 0.15) is 11.6 Å². The Morgan fingerprint density at radius 1 is 1.70 bits per heavy atom. The van der Waals surface area contributed by atoms with Gasteiger partial charge in [-0.15, -0.1) is 0 Å². The molecular formula is C4H11N3O2S. The van der Waals surface area contributed by atoms with E-state index in [2.05, 4.69) is 10.4 Å². The van der Waals surface area contributed by atoms with Crippen molar-refractivity contribution in [2.75, 3.05) is 19.1 Å². The second-order valence-corrected chi connectivity index (χ2v) is 4.02. The number of hydrogen-bond donors (Lipinski definition) is 2. The lowest BCUT2D eigenvalue weighted by molar-refractivity contribution is 0.605. The Labute approximate surface area is 60.2 Å². The number of nitrogens with zero attached hydrogens (tertiary/aromatic N) is 1. The molecule has 0 heterocycles. The number of hydrazine groups is 1. The molecule has 0 aliphatic heterocycles. The van der Waals surface area contributed by atoms with Gasteiger partial charge in [-0.3, -0.25) is 4.99 Å². The maximum Gasteiger partial charge on any atom is 0.154 e. The predicted octanol–water partition coefficient (Wildman–Crippen LogP) is -1.48. The van der Waals surface area contributed by atoms with E-state index < -0.39 is 9.84 Å². The van der Waals surface area contributed by atoms with Gasteiger partial charge in [0, 0.05) is 13.3 Å². The van der Waals surface area contributed by atoms with Crippen molar-refractivity contribution >= 4 is 15.7 Å². The highest BCUT2D eigenvalue weighted by molar-refractivity contribution is 7.91. The molecule has 0 radical (unpaired) electrons. The average Bonchev–Trinajstić information content (AvgIpc) is 1.81. The first kappa shape index (κ1) is 9.38. The number of nitrogens with one attached hydrogen (secondary N) is 1. The van der Waals surface area contributed by atoms with Gasteiger partial charge in [-0.1, -0.05) is 0 Å². The van der Waals surface area contributed by atoms with Crippen molar-refractivity contribution in [3.63, 3.8) is 0 Å². The molecule has 0 fully saturated rings. The minimum Gasteiger partial charge on any atom is -0.311 e.